The van der Waals surface area contributed by atoms with Crippen LogP contribution in [0.2, 0.25) is 0 Å². The summed E-state index contributed by atoms with van der Waals surface area (Å²) in [7, 11) is 0. The molecule has 1 rings (SSSR count). The minimum Gasteiger partial charge on any atom is -0.466 e. The van der Waals surface area contributed by atoms with E-state index >= 15 is 0 Å². The minimum absolute atomic E-state index is 0.222. The first kappa shape index (κ1) is 15.8. The van der Waals surface area contributed by atoms with E-state index < -0.39 is 0 Å². The highest BCUT2D eigenvalue weighted by Gasteiger charge is 2.03. The number of nitrogens with one attached hydrogen (secondary N) is 1. The number of aliphatic imine (C=N–C) groups is 1. The fourth-order valence-electron chi connectivity index (χ4n) is 1.59. The van der Waals surface area contributed by atoms with Crippen LogP contribution in [0.4, 0.5) is 0 Å². The number of hydrogen-bond acceptors (Lipinski definition) is 5. The number of nitrogens with two attached hydrogens (primary N) is 1. The molecular weight excluding hydrogens is 258 g/mol. The summed E-state index contributed by atoms with van der Waals surface area (Å²) < 4.78 is 4.82. The van der Waals surface area contributed by atoms with Crippen molar-refractivity contribution in [2.75, 3.05) is 13.2 Å². The molecule has 3 N–H and O–H groups in total. The number of hydrogen-bond donors (Lipinski definition) is 2. The summed E-state index contributed by atoms with van der Waals surface area (Å²) in [6, 6.07) is 6.89. The molecule has 20 heavy (non-hydrogen) atoms. The van der Waals surface area contributed by atoms with Gasteiger partial charge in [0.1, 0.15) is 12.1 Å². The van der Waals surface area contributed by atoms with Crippen molar-refractivity contribution in [2.24, 2.45) is 10.8 Å². The average Bonchev–Trinajstić information content (AvgIpc) is 2.48. The highest BCUT2D eigenvalue weighted by molar-refractivity contribution is 5.98. The molecule has 108 valence electrons. The molecule has 1 aromatic rings. The van der Waals surface area contributed by atoms with Crippen LogP contribution in [0.25, 0.3) is 0 Å². The fraction of sp³-hybridized carbons (Fsp3) is 0.357. The number of esters is 1. The van der Waals surface area contributed by atoms with E-state index in [1.54, 1.807) is 31.2 Å². The van der Waals surface area contributed by atoms with E-state index in [4.69, 9.17) is 10.6 Å². The Bertz CT molecular complexity index is 469. The van der Waals surface area contributed by atoms with Crippen molar-refractivity contribution in [3.05, 3.63) is 35.4 Å². The Labute approximate surface area is 118 Å². The van der Waals surface area contributed by atoms with Crippen LogP contribution in [-0.4, -0.2) is 31.2 Å². The highest BCUT2D eigenvalue weighted by atomic mass is 16.5. The number of nitrogens with zero attached hydrogens (tertiary/aromatic N) is 1. The van der Waals surface area contributed by atoms with Gasteiger partial charge in [-0.3, -0.25) is 14.6 Å². The van der Waals surface area contributed by atoms with Crippen LogP contribution in [-0.2, 0) is 9.53 Å². The molecule has 0 aliphatic heterocycles. The maximum atomic E-state index is 11.2. The lowest BCUT2D eigenvalue weighted by atomic mass is 10.1. The molecule has 0 spiro atoms. The van der Waals surface area contributed by atoms with Gasteiger partial charge in [-0.1, -0.05) is 24.3 Å². The van der Waals surface area contributed by atoms with Gasteiger partial charge in [0.15, 0.2) is 0 Å². The molecule has 0 aliphatic rings. The first-order valence-electron chi connectivity index (χ1n) is 6.43. The fourth-order valence-corrected chi connectivity index (χ4v) is 1.59. The Kier molecular flexibility index (Phi) is 6.99. The molecule has 0 fully saturated rings. The van der Waals surface area contributed by atoms with Crippen LogP contribution >= 0.6 is 0 Å². The van der Waals surface area contributed by atoms with E-state index in [0.717, 1.165) is 11.8 Å². The molecule has 6 nitrogen and oxygen atoms in total. The molecule has 0 radical (unpaired) electrons. The molecule has 0 atom stereocenters. The Hall–Kier alpha value is -2.21. The van der Waals surface area contributed by atoms with Gasteiger partial charge in [0.25, 0.3) is 0 Å². The van der Waals surface area contributed by atoms with Crippen molar-refractivity contribution in [1.29, 1.82) is 0 Å². The summed E-state index contributed by atoms with van der Waals surface area (Å²) in [6.07, 6.45) is 1.70. The molecule has 0 aliphatic carbocycles. The summed E-state index contributed by atoms with van der Waals surface area (Å²) in [6.45, 7) is 2.63. The normalized spacial score (nSPS) is 11.0. The maximum absolute atomic E-state index is 11.2. The summed E-state index contributed by atoms with van der Waals surface area (Å²) in [5, 5.41) is 0. The largest absolute Gasteiger partial charge is 0.466 e. The zero-order valence-corrected chi connectivity index (χ0v) is 11.5. The van der Waals surface area contributed by atoms with Crippen LogP contribution in [0.1, 0.15) is 35.7 Å². The molecule has 0 unspecified atom stereocenters. The Morgan fingerprint density at radius 1 is 1.40 bits per heavy atom. The molecule has 0 saturated heterocycles. The van der Waals surface area contributed by atoms with E-state index in [9.17, 15) is 9.59 Å². The Balaban J connectivity index is 2.54. The lowest BCUT2D eigenvalue weighted by Crippen LogP contribution is -2.31. The topological polar surface area (TPSA) is 93.8 Å². The number of carbonyl (C=O) groups excluding carboxylic acids is 2. The van der Waals surface area contributed by atoms with Gasteiger partial charge in [-0.15, -0.1) is 0 Å². The zero-order chi connectivity index (χ0) is 14.8. The van der Waals surface area contributed by atoms with Gasteiger partial charge in [0, 0.05) is 24.1 Å². The number of amidine groups is 1. The Morgan fingerprint density at radius 2 is 2.10 bits per heavy atom. The van der Waals surface area contributed by atoms with Gasteiger partial charge in [0.2, 0.25) is 0 Å². The minimum atomic E-state index is -0.222. The average molecular weight is 277 g/mol. The second kappa shape index (κ2) is 8.82. The van der Waals surface area contributed by atoms with Crippen molar-refractivity contribution in [3.8, 4) is 0 Å². The van der Waals surface area contributed by atoms with Crippen LogP contribution in [0.5, 0.6) is 0 Å². The summed E-state index contributed by atoms with van der Waals surface area (Å²) in [4.78, 5) is 26.0. The summed E-state index contributed by atoms with van der Waals surface area (Å²) in [5.74, 6) is 5.72. The maximum Gasteiger partial charge on any atom is 0.305 e. The lowest BCUT2D eigenvalue weighted by molar-refractivity contribution is -0.143. The molecule has 6 heteroatoms. The van der Waals surface area contributed by atoms with Crippen LogP contribution in [0.3, 0.4) is 0 Å². The number of hydrazine groups is 1. The molecule has 0 heterocycles. The number of carbonyl (C=O) groups is 2. The van der Waals surface area contributed by atoms with Crippen LogP contribution < -0.4 is 11.3 Å². The van der Waals surface area contributed by atoms with Crippen molar-refractivity contribution >= 4 is 18.1 Å². The van der Waals surface area contributed by atoms with Gasteiger partial charge in [-0.2, -0.15) is 0 Å². The molecule has 1 aromatic carbocycles. The van der Waals surface area contributed by atoms with Crippen molar-refractivity contribution in [1.82, 2.24) is 5.43 Å². The first-order valence-corrected chi connectivity index (χ1v) is 6.43. The molecule has 0 aromatic heterocycles. The van der Waals surface area contributed by atoms with E-state index in [0.29, 0.717) is 37.4 Å². The van der Waals surface area contributed by atoms with E-state index in [1.807, 2.05) is 0 Å². The van der Waals surface area contributed by atoms with Crippen molar-refractivity contribution in [2.45, 2.75) is 19.8 Å². The SMILES string of the molecule is CCOC(=O)CCCN=C(NN)c1ccc(C=O)cc1. The number of rotatable bonds is 7. The van der Waals surface area contributed by atoms with Crippen molar-refractivity contribution in [3.63, 3.8) is 0 Å². The molecule has 0 amide bonds. The highest BCUT2D eigenvalue weighted by Crippen LogP contribution is 2.03. The van der Waals surface area contributed by atoms with Gasteiger partial charge in [-0.25, -0.2) is 5.84 Å². The monoisotopic (exact) mass is 277 g/mol. The molecular formula is C14H19N3O3. The van der Waals surface area contributed by atoms with E-state index in [-0.39, 0.29) is 5.97 Å². The lowest BCUT2D eigenvalue weighted by Gasteiger charge is -2.06. The van der Waals surface area contributed by atoms with E-state index in [2.05, 4.69) is 10.4 Å². The van der Waals surface area contributed by atoms with Crippen LogP contribution in [0, 0.1) is 0 Å². The number of aldehydes is 1. The summed E-state index contributed by atoms with van der Waals surface area (Å²) >= 11 is 0. The zero-order valence-electron chi connectivity index (χ0n) is 11.5. The standard InChI is InChI=1S/C14H19N3O3/c1-2-20-13(19)4-3-9-16-14(17-15)12-7-5-11(10-18)6-8-12/h5-8,10H,2-4,9,15H2,1H3,(H,16,17). The van der Waals surface area contributed by atoms with Crippen molar-refractivity contribution < 1.29 is 14.3 Å². The van der Waals surface area contributed by atoms with E-state index in [1.165, 1.54) is 0 Å². The Morgan fingerprint density at radius 3 is 2.65 bits per heavy atom. The third kappa shape index (κ3) is 5.19. The quantitative estimate of drug-likeness (QED) is 0.148. The predicted molar refractivity (Wildman–Crippen MR) is 76.4 cm³/mol. The third-order valence-electron chi connectivity index (χ3n) is 2.57. The molecule has 0 bridgehead atoms. The van der Waals surface area contributed by atoms with Crippen LogP contribution in [0.15, 0.2) is 29.3 Å². The third-order valence-corrected chi connectivity index (χ3v) is 2.57. The van der Waals surface area contributed by atoms with Gasteiger partial charge < -0.3 is 10.2 Å². The summed E-state index contributed by atoms with van der Waals surface area (Å²) in [5.41, 5.74) is 3.89. The number of ether oxygens (including phenoxy) is 1. The second-order valence-corrected chi connectivity index (χ2v) is 4.02. The smallest absolute Gasteiger partial charge is 0.305 e. The number of benzene rings is 1. The van der Waals surface area contributed by atoms with Gasteiger partial charge >= 0.3 is 5.97 Å². The van der Waals surface area contributed by atoms with Gasteiger partial charge in [-0.05, 0) is 13.3 Å². The second-order valence-electron chi connectivity index (χ2n) is 4.02. The molecule has 0 saturated carbocycles. The first-order chi connectivity index (χ1) is 9.71. The van der Waals surface area contributed by atoms with Gasteiger partial charge in [0.05, 0.1) is 6.61 Å². The predicted octanol–water partition coefficient (Wildman–Crippen LogP) is 1.05.